The lowest BCUT2D eigenvalue weighted by molar-refractivity contribution is -0.156. The molecule has 1 aromatic carbocycles. The quantitative estimate of drug-likeness (QED) is 0.0661. The number of likely N-dealkylation sites (tertiary alicyclic amines) is 1. The number of sulfonamides is 1. The van der Waals surface area contributed by atoms with Crippen LogP contribution in [0.2, 0.25) is 0 Å². The van der Waals surface area contributed by atoms with Gasteiger partial charge in [-0.1, -0.05) is 0 Å². The number of benzene rings is 1. The first-order chi connectivity index (χ1) is 26.3. The van der Waals surface area contributed by atoms with Gasteiger partial charge in [0.2, 0.25) is 17.8 Å². The Hall–Kier alpha value is -4.16. The van der Waals surface area contributed by atoms with Crippen LogP contribution < -0.4 is 25.4 Å². The fourth-order valence-corrected chi connectivity index (χ4v) is 8.06. The Kier molecular flexibility index (Phi) is 16.2. The van der Waals surface area contributed by atoms with E-state index in [1.165, 1.54) is 0 Å². The number of ether oxygens (including phenoxy) is 5. The van der Waals surface area contributed by atoms with E-state index in [9.17, 15) is 27.6 Å². The zero-order valence-corrected chi connectivity index (χ0v) is 36.3. The summed E-state index contributed by atoms with van der Waals surface area (Å²) >= 11 is 0. The summed E-state index contributed by atoms with van der Waals surface area (Å²) in [6.07, 6.45) is 0.800. The van der Waals surface area contributed by atoms with Crippen molar-refractivity contribution in [2.75, 3.05) is 46.1 Å². The van der Waals surface area contributed by atoms with E-state index in [-0.39, 0.29) is 81.6 Å². The van der Waals surface area contributed by atoms with Crippen molar-refractivity contribution in [3.63, 3.8) is 0 Å². The van der Waals surface area contributed by atoms with E-state index in [1.807, 2.05) is 20.8 Å². The molecule has 0 spiro atoms. The molecule has 18 heteroatoms. The maximum Gasteiger partial charge on any atom is 0.408 e. The van der Waals surface area contributed by atoms with Crippen LogP contribution in [-0.2, 0) is 49.8 Å². The normalized spacial score (nSPS) is 16.9. The molecule has 2 heterocycles. The monoisotopic (exact) mass is 824 g/mol. The van der Waals surface area contributed by atoms with Crippen LogP contribution in [0.3, 0.4) is 0 Å². The number of hydrogen-bond donors (Lipinski definition) is 5. The van der Waals surface area contributed by atoms with Crippen LogP contribution in [-0.4, -0.2) is 118 Å². The standard InChI is InChI=1S/C39H64N6O11S/c1-24-25(2)33(26(3)28-21-39(10,11)55-32(24)28)57(50,51)44-35(40)41-16-12-13-29(43-36(49)56-38(7,8)9)34(48)42-27-14-17-45(22-27)30(46)23-53-20-19-52-18-15-31(47)54-37(4,5)6/h27,29H,12-23H2,1-11H3,(H,42,48)(H,43,49)(H3,40,41,44)/t27-,29+/m1/s1. The van der Waals surface area contributed by atoms with Gasteiger partial charge in [-0.15, -0.1) is 0 Å². The van der Waals surface area contributed by atoms with Crippen LogP contribution in [0.5, 0.6) is 5.75 Å². The molecule has 1 saturated heterocycles. The zero-order chi connectivity index (χ0) is 42.9. The average Bonchev–Trinajstić information content (AvgIpc) is 3.66. The molecule has 5 N–H and O–H groups in total. The molecule has 322 valence electrons. The molecule has 1 fully saturated rings. The molecule has 0 saturated carbocycles. The lowest BCUT2D eigenvalue weighted by atomic mass is 9.94. The van der Waals surface area contributed by atoms with Crippen molar-refractivity contribution < 1.29 is 51.3 Å². The van der Waals surface area contributed by atoms with Crippen molar-refractivity contribution in [1.82, 2.24) is 25.6 Å². The third-order valence-electron chi connectivity index (χ3n) is 9.13. The molecule has 0 aliphatic carbocycles. The van der Waals surface area contributed by atoms with Crippen LogP contribution in [0.25, 0.3) is 0 Å². The van der Waals surface area contributed by atoms with E-state index >= 15 is 0 Å². The fraction of sp³-hybridized carbons (Fsp3) is 0.718. The largest absolute Gasteiger partial charge is 0.487 e. The molecule has 0 aromatic heterocycles. The van der Waals surface area contributed by atoms with Crippen molar-refractivity contribution in [1.29, 1.82) is 5.41 Å². The molecule has 1 aromatic rings. The second-order valence-electron chi connectivity index (χ2n) is 17.1. The van der Waals surface area contributed by atoms with Gasteiger partial charge in [-0.05, 0) is 112 Å². The maximum absolute atomic E-state index is 13.5. The van der Waals surface area contributed by atoms with E-state index in [2.05, 4.69) is 20.7 Å². The maximum atomic E-state index is 13.5. The van der Waals surface area contributed by atoms with Gasteiger partial charge in [0.05, 0.1) is 31.1 Å². The highest BCUT2D eigenvalue weighted by molar-refractivity contribution is 7.90. The Morgan fingerprint density at radius 2 is 1.60 bits per heavy atom. The highest BCUT2D eigenvalue weighted by Gasteiger charge is 2.37. The summed E-state index contributed by atoms with van der Waals surface area (Å²) in [4.78, 5) is 52.4. The highest BCUT2D eigenvalue weighted by Crippen LogP contribution is 2.43. The van der Waals surface area contributed by atoms with Gasteiger partial charge in [0.25, 0.3) is 10.0 Å². The molecular weight excluding hydrogens is 761 g/mol. The number of nitrogens with zero attached hydrogens (tertiary/aromatic N) is 1. The summed E-state index contributed by atoms with van der Waals surface area (Å²) in [5.74, 6) is -0.804. The van der Waals surface area contributed by atoms with Gasteiger partial charge in [0.1, 0.15) is 35.2 Å². The number of esters is 1. The van der Waals surface area contributed by atoms with E-state index < -0.39 is 50.8 Å². The number of amides is 3. The van der Waals surface area contributed by atoms with Gasteiger partial charge >= 0.3 is 12.1 Å². The zero-order valence-electron chi connectivity index (χ0n) is 35.5. The Balaban J connectivity index is 1.48. The summed E-state index contributed by atoms with van der Waals surface area (Å²) in [5, 5.41) is 16.6. The minimum absolute atomic E-state index is 0.113. The second-order valence-corrected chi connectivity index (χ2v) is 18.8. The average molecular weight is 825 g/mol. The van der Waals surface area contributed by atoms with E-state index in [4.69, 9.17) is 29.1 Å². The number of carbonyl (C=O) groups excluding carboxylic acids is 4. The molecule has 17 nitrogen and oxygen atoms in total. The van der Waals surface area contributed by atoms with E-state index in [1.54, 1.807) is 60.3 Å². The van der Waals surface area contributed by atoms with Gasteiger partial charge in [0, 0.05) is 37.7 Å². The molecule has 0 unspecified atom stereocenters. The number of hydrogen-bond acceptors (Lipinski definition) is 12. The molecule has 0 bridgehead atoms. The third-order valence-corrected chi connectivity index (χ3v) is 10.8. The van der Waals surface area contributed by atoms with Crippen molar-refractivity contribution in [2.45, 2.75) is 142 Å². The summed E-state index contributed by atoms with van der Waals surface area (Å²) in [5.41, 5.74) is 0.870. The molecule has 2 aliphatic heterocycles. The van der Waals surface area contributed by atoms with Crippen LogP contribution >= 0.6 is 0 Å². The summed E-state index contributed by atoms with van der Waals surface area (Å²) in [6, 6.07) is -1.38. The summed E-state index contributed by atoms with van der Waals surface area (Å²) in [7, 11) is -4.13. The van der Waals surface area contributed by atoms with Crippen molar-refractivity contribution in [3.05, 3.63) is 22.3 Å². The minimum Gasteiger partial charge on any atom is -0.487 e. The highest BCUT2D eigenvalue weighted by atomic mass is 32.2. The summed E-state index contributed by atoms with van der Waals surface area (Å²) in [6.45, 7) is 20.8. The number of rotatable bonds is 17. The summed E-state index contributed by atoms with van der Waals surface area (Å²) < 4.78 is 57.0. The van der Waals surface area contributed by atoms with Crippen molar-refractivity contribution in [3.8, 4) is 5.75 Å². The number of alkyl carbamates (subject to hydrolysis) is 1. The third kappa shape index (κ3) is 14.9. The van der Waals surface area contributed by atoms with E-state index in [0.717, 1.165) is 11.1 Å². The lowest BCUT2D eigenvalue weighted by Gasteiger charge is -2.24. The fourth-order valence-electron chi connectivity index (χ4n) is 6.53. The predicted octanol–water partition coefficient (Wildman–Crippen LogP) is 3.28. The first-order valence-electron chi connectivity index (χ1n) is 19.4. The molecule has 3 amide bonds. The van der Waals surface area contributed by atoms with Crippen molar-refractivity contribution >= 4 is 39.9 Å². The molecule has 0 radical (unpaired) electrons. The smallest absolute Gasteiger partial charge is 0.408 e. The van der Waals surface area contributed by atoms with Gasteiger partial charge in [-0.3, -0.25) is 19.8 Å². The SMILES string of the molecule is Cc1c(C)c(S(=O)(=O)NC(=N)NCCC[C@H](NC(=O)OC(C)(C)C)C(=O)N[C@@H]2CCN(C(=O)COCCOCCC(=O)OC(C)(C)C)C2)c(C)c2c1OC(C)(C)C2. The first-order valence-corrected chi connectivity index (χ1v) is 20.9. The van der Waals surface area contributed by atoms with Crippen LogP contribution in [0.1, 0.15) is 103 Å². The Labute approximate surface area is 337 Å². The van der Waals surface area contributed by atoms with Crippen LogP contribution in [0.15, 0.2) is 4.90 Å². The lowest BCUT2D eigenvalue weighted by Crippen LogP contribution is -2.51. The van der Waals surface area contributed by atoms with Gasteiger partial charge in [-0.2, -0.15) is 0 Å². The second kappa shape index (κ2) is 19.5. The Morgan fingerprint density at radius 3 is 2.25 bits per heavy atom. The number of carbonyl (C=O) groups is 4. The molecular formula is C39H64N6O11S. The predicted molar refractivity (Wildman–Crippen MR) is 213 cm³/mol. The first kappa shape index (κ1) is 47.2. The van der Waals surface area contributed by atoms with Gasteiger partial charge in [-0.25, -0.2) is 17.9 Å². The van der Waals surface area contributed by atoms with Crippen LogP contribution in [0.4, 0.5) is 4.79 Å². The molecule has 3 rings (SSSR count). The molecule has 2 atom stereocenters. The minimum atomic E-state index is -4.13. The van der Waals surface area contributed by atoms with E-state index in [0.29, 0.717) is 36.3 Å². The van der Waals surface area contributed by atoms with Crippen LogP contribution in [0, 0.1) is 26.2 Å². The number of guanidine groups is 1. The topological polar surface area (TPSA) is 224 Å². The van der Waals surface area contributed by atoms with Crippen molar-refractivity contribution in [2.24, 2.45) is 0 Å². The Bertz CT molecular complexity index is 1750. The molecule has 57 heavy (non-hydrogen) atoms. The van der Waals surface area contributed by atoms with Gasteiger partial charge in [0.15, 0.2) is 0 Å². The number of fused-ring (bicyclic) bond motifs is 1. The Morgan fingerprint density at radius 1 is 0.947 bits per heavy atom. The van der Waals surface area contributed by atoms with Gasteiger partial charge < -0.3 is 44.5 Å². The number of nitrogens with one attached hydrogen (secondary N) is 5. The molecule has 2 aliphatic rings.